The molecule has 2 unspecified atom stereocenters. The molecule has 1 heterocycles. The fourth-order valence-corrected chi connectivity index (χ4v) is 4.29. The first-order valence-corrected chi connectivity index (χ1v) is 17.9. The van der Waals surface area contributed by atoms with Crippen molar-refractivity contribution in [3.05, 3.63) is 71.8 Å². The van der Waals surface area contributed by atoms with Crippen molar-refractivity contribution in [2.24, 2.45) is 5.73 Å². The van der Waals surface area contributed by atoms with Crippen LogP contribution in [0.5, 0.6) is 0 Å². The summed E-state index contributed by atoms with van der Waals surface area (Å²) >= 11 is 30.2. The number of ether oxygens (including phenoxy) is 4. The van der Waals surface area contributed by atoms with E-state index in [-0.39, 0.29) is 12.5 Å². The van der Waals surface area contributed by atoms with E-state index < -0.39 is 50.3 Å². The number of hydrogen-bond acceptors (Lipinski definition) is 11. The van der Waals surface area contributed by atoms with Gasteiger partial charge in [-0.15, -0.1) is 0 Å². The molecule has 2 aromatic rings. The third-order valence-electron chi connectivity index (χ3n) is 6.36. The van der Waals surface area contributed by atoms with Crippen LogP contribution < -0.4 is 21.7 Å². The zero-order chi connectivity index (χ0) is 39.9. The monoisotopic (exact) mass is 864 g/mol. The molecule has 0 spiro atoms. The Morgan fingerprint density at radius 2 is 1.34 bits per heavy atom. The minimum Gasteiger partial charge on any atom is -0.480 e. The first kappa shape index (κ1) is 47.6. The lowest BCUT2D eigenvalue weighted by Crippen LogP contribution is -2.30. The van der Waals surface area contributed by atoms with Crippen LogP contribution in [-0.4, -0.2) is 74.4 Å². The van der Waals surface area contributed by atoms with Gasteiger partial charge >= 0.3 is 38.2 Å². The molecule has 3 amide bonds. The van der Waals surface area contributed by atoms with Gasteiger partial charge in [0.1, 0.15) is 18.7 Å². The number of alkyl carbamates (subject to hydrolysis) is 2. The summed E-state index contributed by atoms with van der Waals surface area (Å²) in [5.41, 5.74) is 7.26. The van der Waals surface area contributed by atoms with Gasteiger partial charge in [-0.25, -0.2) is 19.2 Å². The Morgan fingerprint density at radius 3 is 1.85 bits per heavy atom. The number of hydrogen-bond donors (Lipinski definition) is 5. The molecule has 0 saturated carbocycles. The summed E-state index contributed by atoms with van der Waals surface area (Å²) in [5.74, 6) is -1.54. The molecule has 1 aliphatic rings. The van der Waals surface area contributed by atoms with Crippen molar-refractivity contribution in [3.8, 4) is 0 Å². The van der Waals surface area contributed by atoms with Crippen LogP contribution in [0.3, 0.4) is 0 Å². The maximum absolute atomic E-state index is 11.7. The highest BCUT2D eigenvalue weighted by Gasteiger charge is 2.33. The van der Waals surface area contributed by atoms with Crippen molar-refractivity contribution in [1.29, 1.82) is 0 Å². The van der Waals surface area contributed by atoms with Gasteiger partial charge in [0.2, 0.25) is 5.91 Å². The molecule has 0 radical (unpaired) electrons. The Balaban J connectivity index is 0.000000414. The Hall–Kier alpha value is -3.44. The maximum Gasteiger partial charge on any atom is 0.515 e. The van der Waals surface area contributed by atoms with E-state index in [9.17, 15) is 28.8 Å². The minimum atomic E-state index is -2.24. The van der Waals surface area contributed by atoms with Gasteiger partial charge in [-0.3, -0.25) is 9.59 Å². The quantitative estimate of drug-likeness (QED) is 0.0429. The van der Waals surface area contributed by atoms with Gasteiger partial charge in [-0.1, -0.05) is 60.7 Å². The van der Waals surface area contributed by atoms with Crippen LogP contribution in [0.2, 0.25) is 0 Å². The third kappa shape index (κ3) is 26.1. The van der Waals surface area contributed by atoms with E-state index in [1.165, 1.54) is 0 Å². The lowest BCUT2D eigenvalue weighted by molar-refractivity contribution is -0.139. The number of aliphatic carboxylic acids is 1. The zero-order valence-electron chi connectivity index (χ0n) is 27.9. The molecular formula is C32H38Cl6N4O11. The van der Waals surface area contributed by atoms with Gasteiger partial charge in [0, 0.05) is 13.1 Å². The minimum absolute atomic E-state index is 0.0187. The Bertz CT molecular complexity index is 1430. The predicted octanol–water partition coefficient (Wildman–Crippen LogP) is 6.44. The number of carbonyl (C=O) groups excluding carboxylic acids is 5. The molecule has 53 heavy (non-hydrogen) atoms. The van der Waals surface area contributed by atoms with E-state index in [2.05, 4.69) is 30.2 Å². The first-order chi connectivity index (χ1) is 24.8. The van der Waals surface area contributed by atoms with Crippen molar-refractivity contribution in [2.75, 3.05) is 13.1 Å². The van der Waals surface area contributed by atoms with Crippen molar-refractivity contribution in [1.82, 2.24) is 16.0 Å². The Morgan fingerprint density at radius 1 is 0.811 bits per heavy atom. The van der Waals surface area contributed by atoms with Crippen LogP contribution >= 0.6 is 69.6 Å². The van der Waals surface area contributed by atoms with Crippen molar-refractivity contribution < 1.29 is 52.8 Å². The smallest absolute Gasteiger partial charge is 0.480 e. The number of rotatable bonds is 15. The second kappa shape index (κ2) is 25.6. The number of amides is 3. The standard InChI is InChI=1S/C15H18N2O4.C14H20N2O4.C3Cl6O3/c18-13(10-11-6-2-1-3-7-11)16-9-5-4-8-12-14(19)21-15(20)17-12;15-12(13(17)18)8-4-5-9-16-14(19)20-10-11-6-2-1-3-7-11;4-2(5,6)11-1(10)12-3(7,8)9/h1-3,6-7,12H,4-5,8-10H2,(H,16,18)(H,17,20);1-3,6-7,12H,4-5,8-10,15H2,(H,16,19)(H,17,18);. The number of nitrogens with two attached hydrogens (primary N) is 1. The van der Waals surface area contributed by atoms with Crippen LogP contribution in [0.25, 0.3) is 0 Å². The van der Waals surface area contributed by atoms with Crippen LogP contribution in [0, 0.1) is 0 Å². The molecule has 3 rings (SSSR count). The number of benzene rings is 2. The van der Waals surface area contributed by atoms with Crippen molar-refractivity contribution in [3.63, 3.8) is 0 Å². The molecule has 15 nitrogen and oxygen atoms in total. The Labute approximate surface area is 335 Å². The lowest BCUT2D eigenvalue weighted by atomic mass is 10.1. The molecule has 21 heteroatoms. The fourth-order valence-electron chi connectivity index (χ4n) is 3.92. The highest BCUT2D eigenvalue weighted by molar-refractivity contribution is 6.67. The molecule has 2 aromatic carbocycles. The molecule has 2 atom stereocenters. The van der Waals surface area contributed by atoms with E-state index in [0.29, 0.717) is 45.2 Å². The number of carboxylic acid groups (broad SMARTS) is 1. The molecule has 6 N–H and O–H groups in total. The van der Waals surface area contributed by atoms with Crippen molar-refractivity contribution in [2.45, 2.75) is 71.6 Å². The predicted molar refractivity (Wildman–Crippen MR) is 198 cm³/mol. The Kier molecular flexibility index (Phi) is 22.9. The maximum atomic E-state index is 11.7. The third-order valence-corrected chi connectivity index (χ3v) is 6.82. The summed E-state index contributed by atoms with van der Waals surface area (Å²) in [6.45, 7) is 1.23. The molecule has 294 valence electrons. The van der Waals surface area contributed by atoms with Gasteiger partial charge < -0.3 is 45.7 Å². The molecule has 0 aromatic heterocycles. The van der Waals surface area contributed by atoms with E-state index in [1.807, 2.05) is 60.7 Å². The lowest BCUT2D eigenvalue weighted by Gasteiger charge is -2.15. The van der Waals surface area contributed by atoms with Gasteiger partial charge in [0.25, 0.3) is 0 Å². The molecule has 1 saturated heterocycles. The number of alkyl halides is 6. The number of esters is 1. The van der Waals surface area contributed by atoms with E-state index in [1.54, 1.807) is 0 Å². The summed E-state index contributed by atoms with van der Waals surface area (Å²) in [6.07, 6.45) is 1.52. The normalized spacial score (nSPS) is 14.1. The second-order valence-corrected chi connectivity index (χ2v) is 15.0. The SMILES string of the molecule is NC(CCCCNC(=O)OCc1ccccc1)C(=O)O.O=C(Cc1ccccc1)NCCCCC1NC(=O)OC1=O.O=C(OC(Cl)(Cl)Cl)OC(Cl)(Cl)Cl. The van der Waals surface area contributed by atoms with Gasteiger partial charge in [0.05, 0.1) is 6.42 Å². The van der Waals surface area contributed by atoms with Crippen LogP contribution in [-0.2, 0) is 46.4 Å². The number of carboxylic acids is 1. The average molecular weight is 867 g/mol. The molecular weight excluding hydrogens is 829 g/mol. The molecule has 1 fully saturated rings. The fraction of sp³-hybridized carbons (Fsp3) is 0.438. The summed E-state index contributed by atoms with van der Waals surface area (Å²) in [4.78, 5) is 66.0. The topological polar surface area (TPSA) is 222 Å². The van der Waals surface area contributed by atoms with Crippen LogP contribution in [0.15, 0.2) is 60.7 Å². The molecule has 0 aliphatic carbocycles. The summed E-state index contributed by atoms with van der Waals surface area (Å²) in [6, 6.07) is 17.6. The number of nitrogens with one attached hydrogen (secondary N) is 3. The number of unbranched alkanes of at least 4 members (excludes halogenated alkanes) is 2. The summed E-state index contributed by atoms with van der Waals surface area (Å²) in [5, 5.41) is 16.5. The van der Waals surface area contributed by atoms with Gasteiger partial charge in [0.15, 0.2) is 0 Å². The average Bonchev–Trinajstić information content (AvgIpc) is 3.39. The highest BCUT2D eigenvalue weighted by Crippen LogP contribution is 2.32. The molecule has 1 aliphatic heterocycles. The zero-order valence-corrected chi connectivity index (χ0v) is 32.4. The second-order valence-electron chi connectivity index (χ2n) is 10.7. The van der Waals surface area contributed by atoms with E-state index in [0.717, 1.165) is 24.0 Å². The largest absolute Gasteiger partial charge is 0.515 e. The van der Waals surface area contributed by atoms with Crippen LogP contribution in [0.1, 0.15) is 49.7 Å². The van der Waals surface area contributed by atoms with E-state index >= 15 is 0 Å². The first-order valence-electron chi connectivity index (χ1n) is 15.7. The highest BCUT2D eigenvalue weighted by atomic mass is 35.6. The van der Waals surface area contributed by atoms with Crippen molar-refractivity contribution >= 4 is 106 Å². The summed E-state index contributed by atoms with van der Waals surface area (Å²) in [7, 11) is 0. The summed E-state index contributed by atoms with van der Waals surface area (Å²) < 4.78 is 12.9. The van der Waals surface area contributed by atoms with E-state index in [4.69, 9.17) is 85.2 Å². The van der Waals surface area contributed by atoms with Gasteiger partial charge in [-0.05, 0) is 119 Å². The van der Waals surface area contributed by atoms with Crippen LogP contribution in [0.4, 0.5) is 14.4 Å². The number of cyclic esters (lactones) is 2. The molecule has 0 bridgehead atoms. The number of halogens is 6. The van der Waals surface area contributed by atoms with Gasteiger partial charge in [-0.2, -0.15) is 0 Å². The number of carbonyl (C=O) groups is 6.